The van der Waals surface area contributed by atoms with E-state index in [2.05, 4.69) is 52.1 Å². The zero-order valence-electron chi connectivity index (χ0n) is 47.2. The molecule has 84 heavy (non-hydrogen) atoms. The fourth-order valence-electron chi connectivity index (χ4n) is 11.5. The van der Waals surface area contributed by atoms with Crippen molar-refractivity contribution in [3.8, 4) is 33.0 Å². The Bertz CT molecular complexity index is 3590. The maximum Gasteiger partial charge on any atom is 0.325 e. The largest absolute Gasteiger partial charge is 0.468 e. The minimum Gasteiger partial charge on any atom is -0.468 e. The molecule has 0 aliphatic carbocycles. The van der Waals surface area contributed by atoms with Crippen molar-refractivity contribution in [1.82, 2.24) is 59.8 Å². The van der Waals surface area contributed by atoms with Crippen LogP contribution in [0.2, 0.25) is 0 Å². The average molecular weight is 1190 g/mol. The number of fused-ring (bicyclic) bond motifs is 2. The van der Waals surface area contributed by atoms with Gasteiger partial charge in [-0.2, -0.15) is 10.2 Å². The number of hydrogen-bond donors (Lipinski definition) is 4. The standard InChI is InChI=1S/C59H68F2N14O7S2/c1-4-27-83-70-44-9-5-8-41(54(44)61)55-56(45-13-20-63-59(62)67-45)84-57(68-55)37-18-25-73(26-19-37)58(81)38-16-21-71(22-17-38)33-36-14-23-72(24-15-36)50(78)11-12-51(79)75-47-29-42(43(60)28-39(47)30-66-75)40-7-6-10-46-53(40)35(2)69-74(46)34-49(77)64-31-48(76)65-32-52(80)82-3/h5-10,13,20,28-30,36-38,70H,4,11-12,14-19,21-27,31-34H2,1-3H3,(H,64,77)(H,65,76)(H2,62,63,67). The number of amides is 4. The van der Waals surface area contributed by atoms with Gasteiger partial charge in [0.05, 0.1) is 63.5 Å². The molecule has 0 radical (unpaired) electrons. The fraction of sp³-hybridized carbons (Fsp3) is 0.441. The second-order valence-electron chi connectivity index (χ2n) is 21.6. The van der Waals surface area contributed by atoms with Gasteiger partial charge in [-0.25, -0.2) is 28.4 Å². The van der Waals surface area contributed by atoms with E-state index < -0.39 is 29.5 Å². The van der Waals surface area contributed by atoms with Crippen LogP contribution in [0, 0.1) is 30.4 Å². The van der Waals surface area contributed by atoms with Crippen molar-refractivity contribution < 1.29 is 42.3 Å². The summed E-state index contributed by atoms with van der Waals surface area (Å²) >= 11 is 2.96. The Labute approximate surface area is 492 Å². The smallest absolute Gasteiger partial charge is 0.325 e. The zero-order chi connectivity index (χ0) is 59.0. The molecule has 0 unspecified atom stereocenters. The van der Waals surface area contributed by atoms with Crippen molar-refractivity contribution in [2.24, 2.45) is 11.8 Å². The first kappa shape index (κ1) is 59.3. The number of thiazole rings is 1. The lowest BCUT2D eigenvalue weighted by Crippen LogP contribution is -2.47. The number of likely N-dealkylation sites (tertiary alicyclic amines) is 3. The Hall–Kier alpha value is -7.90. The number of carbonyl (C=O) groups excluding carboxylic acids is 6. The summed E-state index contributed by atoms with van der Waals surface area (Å²) in [6.07, 6.45) is 8.65. The third kappa shape index (κ3) is 13.5. The van der Waals surface area contributed by atoms with Crippen molar-refractivity contribution in [3.63, 3.8) is 0 Å². The molecule has 3 fully saturated rings. The van der Waals surface area contributed by atoms with Gasteiger partial charge in [0, 0.05) is 91.3 Å². The number of nitrogens with one attached hydrogen (secondary N) is 3. The highest BCUT2D eigenvalue weighted by Gasteiger charge is 2.35. The van der Waals surface area contributed by atoms with Crippen LogP contribution >= 0.6 is 23.3 Å². The van der Waals surface area contributed by atoms with Gasteiger partial charge in [0.1, 0.15) is 18.9 Å². The molecular formula is C59H68F2N14O7S2. The lowest BCUT2D eigenvalue weighted by molar-refractivity contribution is -0.141. The Morgan fingerprint density at radius 3 is 2.29 bits per heavy atom. The molecule has 4 amide bonds. The molecular weight excluding hydrogens is 1120 g/mol. The van der Waals surface area contributed by atoms with Gasteiger partial charge >= 0.3 is 5.97 Å². The molecule has 10 rings (SSSR count). The second kappa shape index (κ2) is 26.8. The number of nitrogens with two attached hydrogens (primary N) is 1. The van der Waals surface area contributed by atoms with Crippen molar-refractivity contribution in [1.29, 1.82) is 0 Å². The van der Waals surface area contributed by atoms with E-state index in [-0.39, 0.29) is 73.5 Å². The van der Waals surface area contributed by atoms with E-state index in [1.165, 1.54) is 52.0 Å². The summed E-state index contributed by atoms with van der Waals surface area (Å²) in [5, 5.41) is 15.6. The van der Waals surface area contributed by atoms with Crippen LogP contribution in [-0.2, 0) is 35.3 Å². The molecule has 3 aromatic carbocycles. The Morgan fingerprint density at radius 1 is 0.810 bits per heavy atom. The van der Waals surface area contributed by atoms with E-state index in [4.69, 9.17) is 10.7 Å². The van der Waals surface area contributed by atoms with Crippen LogP contribution in [0.25, 0.3) is 54.8 Å². The molecule has 3 aliphatic heterocycles. The number of aryl methyl sites for hydroxylation is 1. The second-order valence-corrected chi connectivity index (χ2v) is 23.5. The highest BCUT2D eigenvalue weighted by molar-refractivity contribution is 8.00. The van der Waals surface area contributed by atoms with E-state index in [9.17, 15) is 28.8 Å². The quantitative estimate of drug-likeness (QED) is 0.0328. The predicted octanol–water partition coefficient (Wildman–Crippen LogP) is 7.46. The monoisotopic (exact) mass is 1190 g/mol. The van der Waals surface area contributed by atoms with E-state index in [1.807, 2.05) is 15.9 Å². The van der Waals surface area contributed by atoms with Gasteiger partial charge in [0.15, 0.2) is 5.82 Å². The van der Waals surface area contributed by atoms with Crippen LogP contribution in [0.1, 0.15) is 86.1 Å². The Kier molecular flexibility index (Phi) is 18.9. The topological polar surface area (TPSA) is 258 Å². The zero-order valence-corrected chi connectivity index (χ0v) is 48.8. The number of hydrogen-bond acceptors (Lipinski definition) is 17. The Morgan fingerprint density at radius 2 is 1.54 bits per heavy atom. The normalized spacial score (nSPS) is 15.6. The highest BCUT2D eigenvalue weighted by Crippen LogP contribution is 2.43. The first-order valence-electron chi connectivity index (χ1n) is 28.5. The number of benzene rings is 3. The molecule has 0 atom stereocenters. The number of anilines is 2. The summed E-state index contributed by atoms with van der Waals surface area (Å²) in [5.74, 6) is -1.51. The molecule has 0 spiro atoms. The third-order valence-electron chi connectivity index (χ3n) is 16.0. The summed E-state index contributed by atoms with van der Waals surface area (Å²) in [6.45, 7) is 7.88. The van der Waals surface area contributed by atoms with E-state index in [0.29, 0.717) is 87.8 Å². The summed E-state index contributed by atoms with van der Waals surface area (Å²) in [6, 6.07) is 15.1. The number of nitrogens with zero attached hydrogens (tertiary/aromatic N) is 10. The summed E-state index contributed by atoms with van der Waals surface area (Å²) in [5.41, 5.74) is 10.0. The highest BCUT2D eigenvalue weighted by atomic mass is 32.2. The fourth-order valence-corrected chi connectivity index (χ4v) is 13.3. The van der Waals surface area contributed by atoms with Crippen LogP contribution in [0.3, 0.4) is 0 Å². The van der Waals surface area contributed by atoms with E-state index in [0.717, 1.165) is 80.2 Å². The molecule has 0 bridgehead atoms. The van der Waals surface area contributed by atoms with Crippen molar-refractivity contribution >= 4 is 92.2 Å². The Balaban J connectivity index is 0.676. The van der Waals surface area contributed by atoms with Gasteiger partial charge in [-0.05, 0) is 113 Å². The summed E-state index contributed by atoms with van der Waals surface area (Å²) in [4.78, 5) is 98.1. The molecule has 442 valence electrons. The molecule has 7 heterocycles. The number of esters is 1. The van der Waals surface area contributed by atoms with Crippen molar-refractivity contribution in [2.45, 2.75) is 84.1 Å². The number of piperidine rings is 3. The average Bonchev–Trinajstić information content (AvgIpc) is 3.64. The molecule has 7 aromatic rings. The van der Waals surface area contributed by atoms with Crippen LogP contribution in [-0.4, -0.2) is 156 Å². The van der Waals surface area contributed by atoms with Gasteiger partial charge in [0.25, 0.3) is 0 Å². The molecule has 4 aromatic heterocycles. The van der Waals surface area contributed by atoms with Crippen molar-refractivity contribution in [3.05, 3.63) is 89.3 Å². The number of carbonyl (C=O) groups is 6. The molecule has 0 saturated carbocycles. The number of methoxy groups -OCH3 is 1. The minimum atomic E-state index is -0.629. The van der Waals surface area contributed by atoms with E-state index >= 15 is 8.78 Å². The molecule has 5 N–H and O–H groups in total. The predicted molar refractivity (Wildman–Crippen MR) is 317 cm³/mol. The van der Waals surface area contributed by atoms with Gasteiger partial charge in [0.2, 0.25) is 35.5 Å². The van der Waals surface area contributed by atoms with Crippen LogP contribution in [0.5, 0.6) is 0 Å². The first-order valence-corrected chi connectivity index (χ1v) is 30.3. The number of rotatable bonds is 20. The van der Waals surface area contributed by atoms with Gasteiger partial charge in [-0.15, -0.1) is 11.3 Å². The lowest BCUT2D eigenvalue weighted by atomic mass is 9.90. The van der Waals surface area contributed by atoms with Crippen molar-refractivity contribution in [2.75, 3.05) is 82.2 Å². The summed E-state index contributed by atoms with van der Waals surface area (Å²) in [7, 11) is 1.20. The number of halogens is 2. The first-order chi connectivity index (χ1) is 40.7. The number of ether oxygens (including phenoxy) is 1. The maximum atomic E-state index is 16.1. The molecule has 3 aliphatic rings. The molecule has 25 heteroatoms. The van der Waals surface area contributed by atoms with Crippen LogP contribution < -0.4 is 21.1 Å². The van der Waals surface area contributed by atoms with Crippen LogP contribution in [0.4, 0.5) is 20.4 Å². The minimum absolute atomic E-state index is 0.00132. The molecule has 21 nitrogen and oxygen atoms in total. The lowest BCUT2D eigenvalue weighted by Gasteiger charge is -2.39. The third-order valence-corrected chi connectivity index (χ3v) is 18.2. The SMILES string of the molecule is CCCSNc1cccc(-c2nc(C3CCN(C(=O)C4CCN(CC5CCN(C(=O)CCC(=O)n6ncc7cc(F)c(-c8cccc9c8c(C)nn9CC(=O)NCC(=O)NCC(=O)OC)cc76)CC5)CC4)CC3)sc2-c2ccnc(N)n2)c1F. The van der Waals surface area contributed by atoms with Gasteiger partial charge < -0.3 is 40.5 Å². The van der Waals surface area contributed by atoms with E-state index in [1.54, 1.807) is 55.6 Å². The van der Waals surface area contributed by atoms with Gasteiger partial charge in [-0.1, -0.05) is 37.1 Å². The molecule has 3 saturated heterocycles. The summed E-state index contributed by atoms with van der Waals surface area (Å²) < 4.78 is 42.4. The van der Waals surface area contributed by atoms with Crippen LogP contribution in [0.15, 0.2) is 67.0 Å². The number of nitrogen functional groups attached to an aromatic ring is 1. The maximum absolute atomic E-state index is 16.1. The van der Waals surface area contributed by atoms with Gasteiger partial charge in [-0.3, -0.25) is 33.4 Å². The number of aromatic nitrogens is 7.